The maximum Gasteiger partial charge on any atom is 0.254 e. The van der Waals surface area contributed by atoms with Crippen LogP contribution in [0.2, 0.25) is 0 Å². The maximum atomic E-state index is 13.2. The molecule has 0 aliphatic rings. The second-order valence-corrected chi connectivity index (χ2v) is 4.63. The van der Waals surface area contributed by atoms with Crippen molar-refractivity contribution in [1.29, 1.82) is 0 Å². The molecule has 1 atom stereocenters. The van der Waals surface area contributed by atoms with Crippen LogP contribution in [0.25, 0.3) is 0 Å². The summed E-state index contributed by atoms with van der Waals surface area (Å²) in [4.78, 5) is 11.6. The highest BCUT2D eigenvalue weighted by Crippen LogP contribution is 2.10. The van der Waals surface area contributed by atoms with Crippen LogP contribution in [0.3, 0.4) is 0 Å². The lowest BCUT2D eigenvalue weighted by Gasteiger charge is -2.09. The van der Waals surface area contributed by atoms with Gasteiger partial charge in [-0.1, -0.05) is 22.9 Å². The maximum absolute atomic E-state index is 13.2. The summed E-state index contributed by atoms with van der Waals surface area (Å²) < 4.78 is 26.0. The molecular weight excluding hydrogens is 280 g/mol. The number of carbonyl (C=O) groups is 1. The molecule has 1 aromatic rings. The first-order valence-electron chi connectivity index (χ1n) is 4.92. The normalized spacial score (nSPS) is 12.2. The molecule has 1 N–H and O–H groups in total. The molecule has 1 aromatic carbocycles. The Kier molecular flexibility index (Phi) is 4.86. The van der Waals surface area contributed by atoms with Crippen molar-refractivity contribution >= 4 is 21.8 Å². The van der Waals surface area contributed by atoms with E-state index in [1.165, 1.54) is 0 Å². The minimum absolute atomic E-state index is 0.132. The van der Waals surface area contributed by atoms with Crippen molar-refractivity contribution in [1.82, 2.24) is 5.32 Å². The molecule has 0 aliphatic carbocycles. The summed E-state index contributed by atoms with van der Waals surface area (Å²) in [6.45, 7) is 2.33. The van der Waals surface area contributed by atoms with E-state index >= 15 is 0 Å². The Morgan fingerprint density at radius 2 is 2.19 bits per heavy atom. The van der Waals surface area contributed by atoms with Gasteiger partial charge in [0.15, 0.2) is 0 Å². The molecule has 0 bridgehead atoms. The fraction of sp³-hybridized carbons (Fsp3) is 0.364. The van der Waals surface area contributed by atoms with Crippen LogP contribution < -0.4 is 5.32 Å². The molecule has 1 unspecified atom stereocenters. The molecule has 0 heterocycles. The highest BCUT2D eigenvalue weighted by Gasteiger charge is 2.13. The summed E-state index contributed by atoms with van der Waals surface area (Å²) in [6.07, 6.45) is 0.839. The zero-order valence-corrected chi connectivity index (χ0v) is 10.4. The van der Waals surface area contributed by atoms with Crippen LogP contribution in [-0.2, 0) is 0 Å². The summed E-state index contributed by atoms with van der Waals surface area (Å²) >= 11 is 3.33. The second kappa shape index (κ2) is 5.94. The predicted octanol–water partition coefficient (Wildman–Crippen LogP) is 2.87. The zero-order valence-electron chi connectivity index (χ0n) is 8.77. The van der Waals surface area contributed by atoms with E-state index in [2.05, 4.69) is 21.2 Å². The fourth-order valence-corrected chi connectivity index (χ4v) is 1.28. The minimum Gasteiger partial charge on any atom is -0.351 e. The lowest BCUT2D eigenvalue weighted by Crippen LogP contribution is -2.30. The molecule has 0 radical (unpaired) electrons. The Labute approximate surface area is 101 Å². The van der Waals surface area contributed by atoms with Crippen LogP contribution in [-0.4, -0.2) is 17.3 Å². The van der Waals surface area contributed by atoms with Crippen LogP contribution in [0.15, 0.2) is 18.2 Å². The van der Waals surface area contributed by atoms with E-state index in [9.17, 15) is 13.6 Å². The first-order chi connectivity index (χ1) is 7.54. The molecule has 2 nitrogen and oxygen atoms in total. The number of alkyl halides is 1. The monoisotopic (exact) mass is 291 g/mol. The first kappa shape index (κ1) is 13.1. The van der Waals surface area contributed by atoms with Gasteiger partial charge in [-0.15, -0.1) is 0 Å². The third-order valence-electron chi connectivity index (χ3n) is 2.10. The lowest BCUT2D eigenvalue weighted by molar-refractivity contribution is 0.0949. The number of carbonyl (C=O) groups excluding carboxylic acids is 1. The number of halogens is 3. The molecule has 1 amide bonds. The Bertz CT molecular complexity index is 384. The number of benzene rings is 1. The summed E-state index contributed by atoms with van der Waals surface area (Å²) in [5.74, 6) is -1.95. The average molecular weight is 292 g/mol. The molecular formula is C11H12BrF2NO. The van der Waals surface area contributed by atoms with Crippen molar-refractivity contribution in [3.05, 3.63) is 35.4 Å². The highest BCUT2D eigenvalue weighted by molar-refractivity contribution is 9.09. The molecule has 16 heavy (non-hydrogen) atoms. The largest absolute Gasteiger partial charge is 0.351 e. The van der Waals surface area contributed by atoms with Gasteiger partial charge in [0.25, 0.3) is 5.91 Å². The molecule has 0 saturated heterocycles. The quantitative estimate of drug-likeness (QED) is 0.849. The molecule has 5 heteroatoms. The summed E-state index contributed by atoms with van der Waals surface area (Å²) in [6, 6.07) is 2.81. The molecule has 1 rings (SSSR count). The average Bonchev–Trinajstić information content (AvgIpc) is 2.28. The lowest BCUT2D eigenvalue weighted by atomic mass is 10.2. The second-order valence-electron chi connectivity index (χ2n) is 3.34. The van der Waals surface area contributed by atoms with E-state index in [1.807, 2.05) is 6.92 Å². The van der Waals surface area contributed by atoms with Gasteiger partial charge in [0.05, 0.1) is 5.56 Å². The van der Waals surface area contributed by atoms with Crippen LogP contribution in [0.4, 0.5) is 8.78 Å². The number of amides is 1. The van der Waals surface area contributed by atoms with E-state index in [-0.39, 0.29) is 10.4 Å². The van der Waals surface area contributed by atoms with Gasteiger partial charge in [-0.05, 0) is 24.6 Å². The van der Waals surface area contributed by atoms with Crippen molar-refractivity contribution < 1.29 is 13.6 Å². The zero-order chi connectivity index (χ0) is 12.1. The van der Waals surface area contributed by atoms with E-state index in [1.54, 1.807) is 0 Å². The van der Waals surface area contributed by atoms with Gasteiger partial charge >= 0.3 is 0 Å². The molecule has 0 aromatic heterocycles. The first-order valence-corrected chi connectivity index (χ1v) is 5.83. The predicted molar refractivity (Wildman–Crippen MR) is 61.7 cm³/mol. The van der Waals surface area contributed by atoms with Gasteiger partial charge in [-0.3, -0.25) is 4.79 Å². The van der Waals surface area contributed by atoms with Crippen molar-refractivity contribution in [2.75, 3.05) is 6.54 Å². The Morgan fingerprint density at radius 3 is 2.81 bits per heavy atom. The van der Waals surface area contributed by atoms with Gasteiger partial charge in [0.1, 0.15) is 11.6 Å². The third kappa shape index (κ3) is 3.56. The van der Waals surface area contributed by atoms with Crippen molar-refractivity contribution in [3.63, 3.8) is 0 Å². The standard InChI is InChI=1S/C11H12BrF2NO/c1-2-7(12)6-15-11(16)9-5-8(13)3-4-10(9)14/h3-5,7H,2,6H2,1H3,(H,15,16). The Morgan fingerprint density at radius 1 is 1.50 bits per heavy atom. The Balaban J connectivity index is 2.69. The smallest absolute Gasteiger partial charge is 0.254 e. The molecule has 0 aliphatic heterocycles. The molecule has 0 saturated carbocycles. The van der Waals surface area contributed by atoms with Gasteiger partial charge in [-0.25, -0.2) is 8.78 Å². The van der Waals surface area contributed by atoms with Gasteiger partial charge < -0.3 is 5.32 Å². The summed E-state index contributed by atoms with van der Waals surface area (Å²) in [5, 5.41) is 2.53. The number of rotatable bonds is 4. The summed E-state index contributed by atoms with van der Waals surface area (Å²) in [7, 11) is 0. The van der Waals surface area contributed by atoms with Crippen molar-refractivity contribution in [3.8, 4) is 0 Å². The molecule has 88 valence electrons. The minimum atomic E-state index is -0.721. The number of nitrogens with one attached hydrogen (secondary N) is 1. The van der Waals surface area contributed by atoms with Crippen LogP contribution in [0, 0.1) is 11.6 Å². The highest BCUT2D eigenvalue weighted by atomic mass is 79.9. The number of hydrogen-bond acceptors (Lipinski definition) is 1. The van der Waals surface area contributed by atoms with Crippen LogP contribution >= 0.6 is 15.9 Å². The summed E-state index contributed by atoms with van der Waals surface area (Å²) in [5.41, 5.74) is -0.268. The SMILES string of the molecule is CCC(Br)CNC(=O)c1cc(F)ccc1F. The molecule has 0 spiro atoms. The van der Waals surface area contributed by atoms with Crippen LogP contribution in [0.1, 0.15) is 23.7 Å². The number of hydrogen-bond donors (Lipinski definition) is 1. The van der Waals surface area contributed by atoms with E-state index < -0.39 is 17.5 Å². The van der Waals surface area contributed by atoms with Crippen LogP contribution in [0.5, 0.6) is 0 Å². The third-order valence-corrected chi connectivity index (χ3v) is 3.07. The van der Waals surface area contributed by atoms with Gasteiger partial charge in [0, 0.05) is 11.4 Å². The van der Waals surface area contributed by atoms with Gasteiger partial charge in [-0.2, -0.15) is 0 Å². The van der Waals surface area contributed by atoms with Crippen molar-refractivity contribution in [2.24, 2.45) is 0 Å². The van der Waals surface area contributed by atoms with Crippen molar-refractivity contribution in [2.45, 2.75) is 18.2 Å². The van der Waals surface area contributed by atoms with E-state index in [4.69, 9.17) is 0 Å². The van der Waals surface area contributed by atoms with E-state index in [0.717, 1.165) is 24.6 Å². The Hall–Kier alpha value is -0.970. The van der Waals surface area contributed by atoms with Gasteiger partial charge in [0.2, 0.25) is 0 Å². The topological polar surface area (TPSA) is 29.1 Å². The van der Waals surface area contributed by atoms with E-state index in [0.29, 0.717) is 6.54 Å². The fourth-order valence-electron chi connectivity index (χ4n) is 1.11. The molecule has 0 fully saturated rings.